The molecule has 1 amide bonds. The summed E-state index contributed by atoms with van der Waals surface area (Å²) in [4.78, 5) is 31.0. The molecular weight excluding hydrogens is 504 g/mol. The van der Waals surface area contributed by atoms with Gasteiger partial charge in [0.15, 0.2) is 5.01 Å². The fraction of sp³-hybridized carbons (Fsp3) is 0.435. The number of hydrogen-bond donors (Lipinski definition) is 2. The molecule has 0 spiro atoms. The molecule has 1 aliphatic carbocycles. The molecule has 0 saturated heterocycles. The molecule has 0 aromatic carbocycles. The molecule has 0 bridgehead atoms. The summed E-state index contributed by atoms with van der Waals surface area (Å²) in [6.45, 7) is 4.59. The van der Waals surface area contributed by atoms with Crippen LogP contribution >= 0.6 is 11.3 Å². The quantitative estimate of drug-likeness (QED) is 0.359. The molecular formula is C23H28N6O5S2. The predicted molar refractivity (Wildman–Crippen MR) is 135 cm³/mol. The molecule has 192 valence electrons. The molecule has 1 aliphatic rings. The lowest BCUT2D eigenvalue weighted by atomic mass is 9.98. The van der Waals surface area contributed by atoms with Gasteiger partial charge in [-0.25, -0.2) is 18.4 Å². The van der Waals surface area contributed by atoms with E-state index in [0.29, 0.717) is 53.9 Å². The van der Waals surface area contributed by atoms with Crippen molar-refractivity contribution in [3.63, 3.8) is 0 Å². The minimum Gasteiger partial charge on any atom is -0.477 e. The Balaban J connectivity index is 1.54. The molecule has 0 unspecified atom stereocenters. The van der Waals surface area contributed by atoms with Crippen molar-refractivity contribution < 1.29 is 22.7 Å². The standard InChI is InChI=1S/C23H28N6O5S2/c1-4-34-20-12-24-10-18(27-20)19-11-26-23(35-19)22(30)28-21(14(2)13-33-3)17-9-15(7-8-25-17)29-36(31,32)16-5-6-16/h7-12,14,16,21H,4-6,13H2,1-3H3,(H,25,29)(H,28,30)/t14-,21+/m0/s1. The van der Waals surface area contributed by atoms with Crippen molar-refractivity contribution in [3.8, 4) is 16.5 Å². The smallest absolute Gasteiger partial charge is 0.280 e. The Kier molecular flexibility index (Phi) is 8.11. The van der Waals surface area contributed by atoms with E-state index in [1.54, 1.807) is 31.6 Å². The first-order chi connectivity index (χ1) is 17.3. The lowest BCUT2D eigenvalue weighted by molar-refractivity contribution is 0.0885. The van der Waals surface area contributed by atoms with E-state index < -0.39 is 16.1 Å². The van der Waals surface area contributed by atoms with Crippen molar-refractivity contribution >= 4 is 33.0 Å². The van der Waals surface area contributed by atoms with Gasteiger partial charge in [-0.1, -0.05) is 6.92 Å². The van der Waals surface area contributed by atoms with Gasteiger partial charge in [-0.2, -0.15) is 0 Å². The Labute approximate surface area is 213 Å². The summed E-state index contributed by atoms with van der Waals surface area (Å²) in [6, 6.07) is 2.68. The highest BCUT2D eigenvalue weighted by molar-refractivity contribution is 7.93. The van der Waals surface area contributed by atoms with Gasteiger partial charge in [0.1, 0.15) is 5.69 Å². The number of methoxy groups -OCH3 is 1. The van der Waals surface area contributed by atoms with E-state index in [-0.39, 0.29) is 22.1 Å². The van der Waals surface area contributed by atoms with E-state index in [2.05, 4.69) is 30.0 Å². The van der Waals surface area contributed by atoms with E-state index in [9.17, 15) is 13.2 Å². The number of nitrogens with zero attached hydrogens (tertiary/aromatic N) is 4. The molecule has 0 radical (unpaired) electrons. The largest absolute Gasteiger partial charge is 0.477 e. The van der Waals surface area contributed by atoms with Crippen LogP contribution in [0.4, 0.5) is 5.69 Å². The van der Waals surface area contributed by atoms with Crippen molar-refractivity contribution in [1.82, 2.24) is 25.3 Å². The van der Waals surface area contributed by atoms with Crippen LogP contribution in [0.25, 0.3) is 10.6 Å². The van der Waals surface area contributed by atoms with Crippen molar-refractivity contribution in [2.45, 2.75) is 38.0 Å². The summed E-state index contributed by atoms with van der Waals surface area (Å²) in [6.07, 6.45) is 7.51. The highest BCUT2D eigenvalue weighted by atomic mass is 32.2. The normalized spacial score (nSPS) is 15.2. The minimum absolute atomic E-state index is 0.157. The van der Waals surface area contributed by atoms with Gasteiger partial charge in [0.25, 0.3) is 5.91 Å². The average Bonchev–Trinajstić information content (AvgIpc) is 3.61. The van der Waals surface area contributed by atoms with E-state index in [4.69, 9.17) is 9.47 Å². The number of carbonyl (C=O) groups is 1. The maximum atomic E-state index is 13.2. The van der Waals surface area contributed by atoms with Gasteiger partial charge in [0.05, 0.1) is 53.2 Å². The van der Waals surface area contributed by atoms with Crippen LogP contribution in [0.3, 0.4) is 0 Å². The van der Waals surface area contributed by atoms with Crippen molar-refractivity contribution in [2.24, 2.45) is 5.92 Å². The first-order valence-corrected chi connectivity index (χ1v) is 13.9. The Bertz CT molecular complexity index is 1310. The zero-order valence-corrected chi connectivity index (χ0v) is 21.8. The Morgan fingerprint density at radius 3 is 2.78 bits per heavy atom. The van der Waals surface area contributed by atoms with Crippen LogP contribution in [-0.2, 0) is 14.8 Å². The van der Waals surface area contributed by atoms with Gasteiger partial charge in [-0.3, -0.25) is 19.5 Å². The molecule has 3 aromatic heterocycles. The third-order valence-corrected chi connectivity index (χ3v) is 8.35. The molecule has 0 aliphatic heterocycles. The monoisotopic (exact) mass is 532 g/mol. The maximum absolute atomic E-state index is 13.2. The summed E-state index contributed by atoms with van der Waals surface area (Å²) in [7, 11) is -1.85. The zero-order chi connectivity index (χ0) is 25.7. The number of hydrogen-bond acceptors (Lipinski definition) is 10. The highest BCUT2D eigenvalue weighted by Gasteiger charge is 2.36. The second kappa shape index (κ2) is 11.3. The van der Waals surface area contributed by atoms with Crippen LogP contribution in [0.15, 0.2) is 36.9 Å². The van der Waals surface area contributed by atoms with Crippen LogP contribution in [-0.4, -0.2) is 59.8 Å². The molecule has 2 N–H and O–H groups in total. The molecule has 13 heteroatoms. The maximum Gasteiger partial charge on any atom is 0.280 e. The number of rotatable bonds is 12. The summed E-state index contributed by atoms with van der Waals surface area (Å²) in [5.74, 6) is -0.153. The van der Waals surface area contributed by atoms with Crippen molar-refractivity contribution in [1.29, 1.82) is 0 Å². The van der Waals surface area contributed by atoms with Gasteiger partial charge in [0.2, 0.25) is 15.9 Å². The van der Waals surface area contributed by atoms with Crippen LogP contribution in [0.1, 0.15) is 48.2 Å². The topological polar surface area (TPSA) is 145 Å². The van der Waals surface area contributed by atoms with Crippen LogP contribution < -0.4 is 14.8 Å². The lowest BCUT2D eigenvalue weighted by Gasteiger charge is -2.24. The number of nitrogens with one attached hydrogen (secondary N) is 2. The number of carbonyl (C=O) groups excluding carboxylic acids is 1. The molecule has 2 atom stereocenters. The van der Waals surface area contributed by atoms with E-state index in [1.165, 1.54) is 23.7 Å². The highest BCUT2D eigenvalue weighted by Crippen LogP contribution is 2.31. The van der Waals surface area contributed by atoms with Gasteiger partial charge in [0, 0.05) is 25.4 Å². The molecule has 1 fully saturated rings. The minimum atomic E-state index is -3.43. The summed E-state index contributed by atoms with van der Waals surface area (Å²) >= 11 is 1.18. The van der Waals surface area contributed by atoms with Crippen molar-refractivity contribution in [3.05, 3.63) is 47.6 Å². The Morgan fingerprint density at radius 1 is 1.25 bits per heavy atom. The van der Waals surface area contributed by atoms with Crippen molar-refractivity contribution in [2.75, 3.05) is 25.0 Å². The summed E-state index contributed by atoms with van der Waals surface area (Å²) in [5, 5.41) is 2.88. The summed E-state index contributed by atoms with van der Waals surface area (Å²) in [5.41, 5.74) is 1.47. The van der Waals surface area contributed by atoms with E-state index in [1.807, 2.05) is 13.8 Å². The number of amides is 1. The second-order valence-corrected chi connectivity index (χ2v) is 11.4. The number of ether oxygens (including phenoxy) is 2. The second-order valence-electron chi connectivity index (χ2n) is 8.40. The molecule has 4 rings (SSSR count). The van der Waals surface area contributed by atoms with E-state index in [0.717, 1.165) is 0 Å². The molecule has 1 saturated carbocycles. The fourth-order valence-electron chi connectivity index (χ4n) is 3.56. The number of aromatic nitrogens is 4. The van der Waals surface area contributed by atoms with Crippen LogP contribution in [0.5, 0.6) is 5.88 Å². The molecule has 3 heterocycles. The summed E-state index contributed by atoms with van der Waals surface area (Å²) < 4.78 is 38.1. The molecule has 11 nitrogen and oxygen atoms in total. The zero-order valence-electron chi connectivity index (χ0n) is 20.2. The van der Waals surface area contributed by atoms with Gasteiger partial charge >= 0.3 is 0 Å². The first kappa shape index (κ1) is 25.9. The third-order valence-electron chi connectivity index (χ3n) is 5.47. The predicted octanol–water partition coefficient (Wildman–Crippen LogP) is 3.05. The number of sulfonamides is 1. The number of thiazole rings is 1. The fourth-order valence-corrected chi connectivity index (χ4v) is 5.71. The average molecular weight is 533 g/mol. The van der Waals surface area contributed by atoms with Crippen LogP contribution in [0, 0.1) is 5.92 Å². The van der Waals surface area contributed by atoms with E-state index >= 15 is 0 Å². The molecule has 3 aromatic rings. The van der Waals surface area contributed by atoms with Gasteiger partial charge < -0.3 is 14.8 Å². The Hall–Kier alpha value is -3.16. The SMILES string of the molecule is CCOc1cncc(-c2cnc(C(=O)N[C@@H](c3cc(NS(=O)(=O)C4CC4)ccn3)[C@@H](C)COC)s2)n1. The molecule has 36 heavy (non-hydrogen) atoms. The number of anilines is 1. The van der Waals surface area contributed by atoms with Gasteiger partial charge in [-0.05, 0) is 31.9 Å². The Morgan fingerprint density at radius 2 is 2.06 bits per heavy atom. The number of pyridine rings is 1. The third kappa shape index (κ3) is 6.33. The first-order valence-electron chi connectivity index (χ1n) is 11.5. The van der Waals surface area contributed by atoms with Gasteiger partial charge in [-0.15, -0.1) is 11.3 Å². The van der Waals surface area contributed by atoms with Crippen LogP contribution in [0.2, 0.25) is 0 Å². The lowest BCUT2D eigenvalue weighted by Crippen LogP contribution is -2.34.